The van der Waals surface area contributed by atoms with Gasteiger partial charge in [-0.2, -0.15) is 0 Å². The van der Waals surface area contributed by atoms with Crippen LogP contribution in [-0.2, 0) is 6.54 Å². The van der Waals surface area contributed by atoms with Crippen molar-refractivity contribution in [1.29, 1.82) is 0 Å². The number of halogens is 1. The number of benzene rings is 1. The molecule has 2 heterocycles. The van der Waals surface area contributed by atoms with Crippen LogP contribution in [-0.4, -0.2) is 19.9 Å². The van der Waals surface area contributed by atoms with E-state index >= 15 is 0 Å². The van der Waals surface area contributed by atoms with Crippen LogP contribution in [0.15, 0.2) is 36.7 Å². The Labute approximate surface area is 108 Å². The molecular formula is C12H10ClN5. The van der Waals surface area contributed by atoms with Crippen molar-refractivity contribution in [3.63, 3.8) is 0 Å². The summed E-state index contributed by atoms with van der Waals surface area (Å²) >= 11 is 5.78. The molecule has 0 atom stereocenters. The highest BCUT2D eigenvalue weighted by molar-refractivity contribution is 6.29. The molecular weight excluding hydrogens is 250 g/mol. The highest BCUT2D eigenvalue weighted by atomic mass is 35.5. The van der Waals surface area contributed by atoms with Crippen LogP contribution in [0.5, 0.6) is 0 Å². The van der Waals surface area contributed by atoms with Crippen molar-refractivity contribution < 1.29 is 0 Å². The topological polar surface area (TPSA) is 66.5 Å². The van der Waals surface area contributed by atoms with Gasteiger partial charge in [0, 0.05) is 6.07 Å². The summed E-state index contributed by atoms with van der Waals surface area (Å²) in [5.74, 6) is 1.53. The number of imidazole rings is 1. The Balaban J connectivity index is 1.76. The summed E-state index contributed by atoms with van der Waals surface area (Å²) < 4.78 is 0. The second-order valence-electron chi connectivity index (χ2n) is 3.78. The molecule has 0 saturated carbocycles. The molecule has 2 N–H and O–H groups in total. The number of aromatic nitrogens is 4. The van der Waals surface area contributed by atoms with Crippen molar-refractivity contribution in [1.82, 2.24) is 19.9 Å². The van der Waals surface area contributed by atoms with Crippen LogP contribution in [0.2, 0.25) is 5.15 Å². The third kappa shape index (κ3) is 2.26. The van der Waals surface area contributed by atoms with Gasteiger partial charge in [0.05, 0.1) is 17.6 Å². The van der Waals surface area contributed by atoms with Gasteiger partial charge >= 0.3 is 0 Å². The van der Waals surface area contributed by atoms with Crippen molar-refractivity contribution in [3.05, 3.63) is 47.6 Å². The van der Waals surface area contributed by atoms with E-state index in [1.165, 1.54) is 6.33 Å². The minimum Gasteiger partial charge on any atom is -0.363 e. The predicted molar refractivity (Wildman–Crippen MR) is 70.5 cm³/mol. The van der Waals surface area contributed by atoms with Gasteiger partial charge in [-0.25, -0.2) is 15.0 Å². The second-order valence-corrected chi connectivity index (χ2v) is 4.17. The van der Waals surface area contributed by atoms with E-state index in [1.807, 2.05) is 24.3 Å². The lowest BCUT2D eigenvalue weighted by atomic mass is 10.3. The van der Waals surface area contributed by atoms with Crippen LogP contribution < -0.4 is 5.32 Å². The Bertz CT molecular complexity index is 646. The summed E-state index contributed by atoms with van der Waals surface area (Å²) in [5.41, 5.74) is 1.98. The molecule has 0 spiro atoms. The van der Waals surface area contributed by atoms with E-state index in [2.05, 4.69) is 25.3 Å². The predicted octanol–water partition coefficient (Wildman–Crippen LogP) is 2.62. The van der Waals surface area contributed by atoms with Gasteiger partial charge in [-0.05, 0) is 12.1 Å². The van der Waals surface area contributed by atoms with Crippen LogP contribution >= 0.6 is 11.6 Å². The van der Waals surface area contributed by atoms with E-state index in [1.54, 1.807) is 6.07 Å². The normalized spacial score (nSPS) is 10.7. The van der Waals surface area contributed by atoms with E-state index < -0.39 is 0 Å². The van der Waals surface area contributed by atoms with Crippen molar-refractivity contribution in [2.45, 2.75) is 6.54 Å². The lowest BCUT2D eigenvalue weighted by Gasteiger charge is -2.02. The maximum Gasteiger partial charge on any atom is 0.134 e. The zero-order valence-electron chi connectivity index (χ0n) is 9.39. The molecule has 1 aromatic carbocycles. The standard InChI is InChI=1S/C12H10ClN5/c13-10-5-11(16-7-15-10)14-6-12-17-8-3-1-2-4-9(8)18-12/h1-5,7H,6H2,(H,17,18)(H,14,15,16). The van der Waals surface area contributed by atoms with Crippen LogP contribution in [0.3, 0.4) is 0 Å². The highest BCUT2D eigenvalue weighted by Gasteiger charge is 2.02. The number of anilines is 1. The number of hydrogen-bond donors (Lipinski definition) is 2. The van der Waals surface area contributed by atoms with Crippen LogP contribution in [0, 0.1) is 0 Å². The summed E-state index contributed by atoms with van der Waals surface area (Å²) in [6, 6.07) is 9.57. The quantitative estimate of drug-likeness (QED) is 0.710. The Morgan fingerprint density at radius 2 is 2.11 bits per heavy atom. The van der Waals surface area contributed by atoms with Crippen LogP contribution in [0.1, 0.15) is 5.82 Å². The minimum atomic E-state index is 0.414. The monoisotopic (exact) mass is 259 g/mol. The summed E-state index contributed by atoms with van der Waals surface area (Å²) in [7, 11) is 0. The summed E-state index contributed by atoms with van der Waals surface area (Å²) in [6.45, 7) is 0.558. The van der Waals surface area contributed by atoms with Gasteiger partial charge in [-0.15, -0.1) is 0 Å². The Hall–Kier alpha value is -2.14. The van der Waals surface area contributed by atoms with Crippen LogP contribution in [0.25, 0.3) is 11.0 Å². The number of hydrogen-bond acceptors (Lipinski definition) is 4. The highest BCUT2D eigenvalue weighted by Crippen LogP contribution is 2.12. The first-order valence-corrected chi connectivity index (χ1v) is 5.84. The molecule has 0 bridgehead atoms. The number of nitrogens with zero attached hydrogens (tertiary/aromatic N) is 3. The summed E-state index contributed by atoms with van der Waals surface area (Å²) in [5, 5.41) is 3.55. The average Bonchev–Trinajstić information content (AvgIpc) is 2.79. The van der Waals surface area contributed by atoms with E-state index in [0.717, 1.165) is 16.9 Å². The molecule has 90 valence electrons. The molecule has 0 unspecified atom stereocenters. The van der Waals surface area contributed by atoms with E-state index in [4.69, 9.17) is 11.6 Å². The van der Waals surface area contributed by atoms with Crippen molar-refractivity contribution >= 4 is 28.5 Å². The molecule has 0 aliphatic heterocycles. The van der Waals surface area contributed by atoms with Gasteiger partial charge in [0.2, 0.25) is 0 Å². The number of aromatic amines is 1. The zero-order chi connectivity index (χ0) is 12.4. The largest absolute Gasteiger partial charge is 0.363 e. The SMILES string of the molecule is Clc1cc(NCc2nc3ccccc3[nH]2)ncn1. The fourth-order valence-corrected chi connectivity index (χ4v) is 1.84. The number of para-hydroxylation sites is 2. The van der Waals surface area contributed by atoms with E-state index in [-0.39, 0.29) is 0 Å². The lowest BCUT2D eigenvalue weighted by molar-refractivity contribution is 0.991. The van der Waals surface area contributed by atoms with Gasteiger partial charge in [-0.1, -0.05) is 23.7 Å². The van der Waals surface area contributed by atoms with Gasteiger partial charge in [0.1, 0.15) is 23.1 Å². The number of rotatable bonds is 3. The van der Waals surface area contributed by atoms with Gasteiger partial charge in [0.15, 0.2) is 0 Å². The van der Waals surface area contributed by atoms with Crippen molar-refractivity contribution in [3.8, 4) is 0 Å². The fourth-order valence-electron chi connectivity index (χ4n) is 1.69. The molecule has 3 aromatic rings. The molecule has 6 heteroatoms. The number of fused-ring (bicyclic) bond motifs is 1. The molecule has 2 aromatic heterocycles. The van der Waals surface area contributed by atoms with E-state index in [0.29, 0.717) is 17.5 Å². The molecule has 0 saturated heterocycles. The van der Waals surface area contributed by atoms with Gasteiger partial charge < -0.3 is 10.3 Å². The average molecular weight is 260 g/mol. The first-order valence-electron chi connectivity index (χ1n) is 5.46. The van der Waals surface area contributed by atoms with Crippen molar-refractivity contribution in [2.75, 3.05) is 5.32 Å². The number of nitrogens with one attached hydrogen (secondary N) is 2. The molecule has 0 amide bonds. The third-order valence-electron chi connectivity index (χ3n) is 2.51. The van der Waals surface area contributed by atoms with Crippen molar-refractivity contribution in [2.24, 2.45) is 0 Å². The van der Waals surface area contributed by atoms with Gasteiger partial charge in [-0.3, -0.25) is 0 Å². The molecule has 3 rings (SSSR count). The Morgan fingerprint density at radius 3 is 2.94 bits per heavy atom. The molecule has 0 fully saturated rings. The fraction of sp³-hybridized carbons (Fsp3) is 0.0833. The number of H-pyrrole nitrogens is 1. The van der Waals surface area contributed by atoms with Gasteiger partial charge in [0.25, 0.3) is 0 Å². The first kappa shape index (κ1) is 11.0. The lowest BCUT2D eigenvalue weighted by Crippen LogP contribution is -2.02. The smallest absolute Gasteiger partial charge is 0.134 e. The molecule has 18 heavy (non-hydrogen) atoms. The molecule has 0 radical (unpaired) electrons. The Morgan fingerprint density at radius 1 is 1.22 bits per heavy atom. The first-order chi connectivity index (χ1) is 8.81. The zero-order valence-corrected chi connectivity index (χ0v) is 10.1. The summed E-state index contributed by atoms with van der Waals surface area (Å²) in [6.07, 6.45) is 1.42. The second kappa shape index (κ2) is 4.62. The minimum absolute atomic E-state index is 0.414. The maximum absolute atomic E-state index is 5.78. The Kier molecular flexibility index (Phi) is 2.82. The molecule has 5 nitrogen and oxygen atoms in total. The summed E-state index contributed by atoms with van der Waals surface area (Å²) in [4.78, 5) is 15.6. The third-order valence-corrected chi connectivity index (χ3v) is 2.72. The molecule has 0 aliphatic rings. The molecule has 0 aliphatic carbocycles. The van der Waals surface area contributed by atoms with E-state index in [9.17, 15) is 0 Å². The maximum atomic E-state index is 5.78. The van der Waals surface area contributed by atoms with Crippen LogP contribution in [0.4, 0.5) is 5.82 Å².